The highest BCUT2D eigenvalue weighted by Gasteiger charge is 2.04. The Labute approximate surface area is 55.7 Å². The molecule has 0 radical (unpaired) electrons. The summed E-state index contributed by atoms with van der Waals surface area (Å²) >= 11 is 0. The molecule has 56 valence electrons. The quantitative estimate of drug-likeness (QED) is 0.461. The zero-order chi connectivity index (χ0) is 7.28. The van der Waals surface area contributed by atoms with Crippen LogP contribution in [0.3, 0.4) is 0 Å². The summed E-state index contributed by atoms with van der Waals surface area (Å²) in [4.78, 5) is 0. The summed E-state index contributed by atoms with van der Waals surface area (Å²) in [5.74, 6) is 0. The van der Waals surface area contributed by atoms with Crippen LogP contribution >= 0.6 is 0 Å². The highest BCUT2D eigenvalue weighted by atomic mass is 16.3. The Kier molecular flexibility index (Phi) is 4.67. The Balaban J connectivity index is 3.31. The molecule has 3 heteroatoms. The molecule has 0 aliphatic carbocycles. The summed E-state index contributed by atoms with van der Waals surface area (Å²) in [6.07, 6.45) is 0.309. The summed E-state index contributed by atoms with van der Waals surface area (Å²) in [6, 6.07) is 0.0324. The van der Waals surface area contributed by atoms with E-state index in [2.05, 4.69) is 5.32 Å². The van der Waals surface area contributed by atoms with Gasteiger partial charge in [0.05, 0.1) is 6.61 Å². The van der Waals surface area contributed by atoms with Crippen LogP contribution in [0, 0.1) is 0 Å². The van der Waals surface area contributed by atoms with Crippen LogP contribution in [0.15, 0.2) is 0 Å². The Morgan fingerprint density at radius 3 is 2.22 bits per heavy atom. The first-order chi connectivity index (χ1) is 4.20. The van der Waals surface area contributed by atoms with E-state index in [-0.39, 0.29) is 12.6 Å². The Hall–Kier alpha value is -0.120. The van der Waals surface area contributed by atoms with Gasteiger partial charge >= 0.3 is 0 Å². The van der Waals surface area contributed by atoms with Crippen molar-refractivity contribution in [1.29, 1.82) is 0 Å². The van der Waals surface area contributed by atoms with Crippen LogP contribution < -0.4 is 5.32 Å². The van der Waals surface area contributed by atoms with Crippen molar-refractivity contribution in [2.45, 2.75) is 32.5 Å². The molecule has 0 saturated heterocycles. The highest BCUT2D eigenvalue weighted by molar-refractivity contribution is 4.61. The minimum Gasteiger partial charge on any atom is -0.395 e. The molecule has 0 rings (SSSR count). The molecule has 0 aliphatic rings. The fraction of sp³-hybridized carbons (Fsp3) is 1.00. The minimum atomic E-state index is -0.526. The number of aliphatic hydroxyl groups excluding tert-OH is 2. The van der Waals surface area contributed by atoms with Crippen molar-refractivity contribution < 1.29 is 10.2 Å². The second kappa shape index (κ2) is 4.73. The van der Waals surface area contributed by atoms with E-state index in [1.54, 1.807) is 6.92 Å². The number of nitrogens with one attached hydrogen (secondary N) is 1. The van der Waals surface area contributed by atoms with E-state index in [4.69, 9.17) is 10.2 Å². The molecule has 3 nitrogen and oxygen atoms in total. The maximum Gasteiger partial charge on any atom is 0.102 e. The SMILES string of the molecule is CCC(CO)NC(C)O. The third kappa shape index (κ3) is 4.39. The van der Waals surface area contributed by atoms with Crippen LogP contribution in [-0.2, 0) is 0 Å². The van der Waals surface area contributed by atoms with Gasteiger partial charge in [-0.15, -0.1) is 0 Å². The van der Waals surface area contributed by atoms with Crippen LogP contribution in [0.25, 0.3) is 0 Å². The number of aliphatic hydroxyl groups is 2. The van der Waals surface area contributed by atoms with Crippen molar-refractivity contribution in [3.8, 4) is 0 Å². The lowest BCUT2D eigenvalue weighted by Crippen LogP contribution is -2.38. The van der Waals surface area contributed by atoms with E-state index in [9.17, 15) is 0 Å². The van der Waals surface area contributed by atoms with Crippen LogP contribution in [0.5, 0.6) is 0 Å². The van der Waals surface area contributed by atoms with E-state index < -0.39 is 6.23 Å². The van der Waals surface area contributed by atoms with Gasteiger partial charge in [-0.05, 0) is 13.3 Å². The summed E-state index contributed by atoms with van der Waals surface area (Å²) in [5, 5.41) is 20.1. The van der Waals surface area contributed by atoms with Gasteiger partial charge < -0.3 is 10.2 Å². The highest BCUT2D eigenvalue weighted by Crippen LogP contribution is 1.89. The van der Waals surface area contributed by atoms with Crippen molar-refractivity contribution in [3.63, 3.8) is 0 Å². The maximum atomic E-state index is 8.76. The van der Waals surface area contributed by atoms with Gasteiger partial charge in [-0.1, -0.05) is 6.92 Å². The average molecular weight is 133 g/mol. The Morgan fingerprint density at radius 1 is 1.56 bits per heavy atom. The summed E-state index contributed by atoms with van der Waals surface area (Å²) < 4.78 is 0. The fourth-order valence-electron chi connectivity index (χ4n) is 0.641. The zero-order valence-corrected chi connectivity index (χ0v) is 5.96. The smallest absolute Gasteiger partial charge is 0.102 e. The lowest BCUT2D eigenvalue weighted by molar-refractivity contribution is 0.117. The van der Waals surface area contributed by atoms with Crippen molar-refractivity contribution in [2.24, 2.45) is 0 Å². The number of hydrogen-bond acceptors (Lipinski definition) is 3. The van der Waals surface area contributed by atoms with E-state index >= 15 is 0 Å². The summed E-state index contributed by atoms with van der Waals surface area (Å²) in [7, 11) is 0. The summed E-state index contributed by atoms with van der Waals surface area (Å²) in [5.41, 5.74) is 0. The molecule has 0 aliphatic heterocycles. The normalized spacial score (nSPS) is 17.3. The first-order valence-corrected chi connectivity index (χ1v) is 3.25. The second-order valence-corrected chi connectivity index (χ2v) is 2.13. The molecule has 0 aromatic rings. The van der Waals surface area contributed by atoms with E-state index in [0.29, 0.717) is 0 Å². The Morgan fingerprint density at radius 2 is 2.11 bits per heavy atom. The van der Waals surface area contributed by atoms with E-state index in [1.165, 1.54) is 0 Å². The standard InChI is InChI=1S/C6H15NO2/c1-3-6(4-8)7-5(2)9/h5-9H,3-4H2,1-2H3. The molecule has 0 aromatic carbocycles. The predicted molar refractivity (Wildman–Crippen MR) is 36.0 cm³/mol. The maximum absolute atomic E-state index is 8.76. The molecule has 0 spiro atoms. The second-order valence-electron chi connectivity index (χ2n) is 2.13. The minimum absolute atomic E-state index is 0.0324. The van der Waals surface area contributed by atoms with Gasteiger partial charge in [0.25, 0.3) is 0 Å². The lowest BCUT2D eigenvalue weighted by atomic mass is 10.2. The lowest BCUT2D eigenvalue weighted by Gasteiger charge is -2.15. The van der Waals surface area contributed by atoms with Crippen LogP contribution in [0.2, 0.25) is 0 Å². The molecule has 3 N–H and O–H groups in total. The van der Waals surface area contributed by atoms with Crippen LogP contribution in [0.1, 0.15) is 20.3 Å². The molecule has 0 aromatic heterocycles. The molecule has 2 unspecified atom stereocenters. The van der Waals surface area contributed by atoms with E-state index in [1.807, 2.05) is 6.92 Å². The zero-order valence-electron chi connectivity index (χ0n) is 5.96. The first-order valence-electron chi connectivity index (χ1n) is 3.25. The Bertz CT molecular complexity index is 62.1. The first kappa shape index (κ1) is 8.88. The molecule has 9 heavy (non-hydrogen) atoms. The van der Waals surface area contributed by atoms with Crippen molar-refractivity contribution in [2.75, 3.05) is 6.61 Å². The molecule has 0 bridgehead atoms. The molecule has 2 atom stereocenters. The van der Waals surface area contributed by atoms with Gasteiger partial charge in [0, 0.05) is 6.04 Å². The van der Waals surface area contributed by atoms with Gasteiger partial charge in [0.1, 0.15) is 6.23 Å². The van der Waals surface area contributed by atoms with Gasteiger partial charge in [-0.25, -0.2) is 0 Å². The van der Waals surface area contributed by atoms with Gasteiger partial charge in [0.15, 0.2) is 0 Å². The molecule has 0 amide bonds. The average Bonchev–Trinajstić information content (AvgIpc) is 1.82. The van der Waals surface area contributed by atoms with Gasteiger partial charge in [-0.3, -0.25) is 5.32 Å². The monoisotopic (exact) mass is 133 g/mol. The largest absolute Gasteiger partial charge is 0.395 e. The van der Waals surface area contributed by atoms with E-state index in [0.717, 1.165) is 6.42 Å². The third-order valence-electron chi connectivity index (χ3n) is 1.19. The number of rotatable bonds is 4. The molecular weight excluding hydrogens is 118 g/mol. The molecule has 0 fully saturated rings. The van der Waals surface area contributed by atoms with Gasteiger partial charge in [0.2, 0.25) is 0 Å². The van der Waals surface area contributed by atoms with Crippen LogP contribution in [-0.4, -0.2) is 29.1 Å². The molecule has 0 heterocycles. The predicted octanol–water partition coefficient (Wildman–Crippen LogP) is -0.315. The van der Waals surface area contributed by atoms with Crippen LogP contribution in [0.4, 0.5) is 0 Å². The summed E-state index contributed by atoms with van der Waals surface area (Å²) in [6.45, 7) is 3.68. The van der Waals surface area contributed by atoms with Crippen molar-refractivity contribution in [1.82, 2.24) is 5.32 Å². The third-order valence-corrected chi connectivity index (χ3v) is 1.19. The number of hydrogen-bond donors (Lipinski definition) is 3. The molecule has 0 saturated carbocycles. The van der Waals surface area contributed by atoms with Crippen molar-refractivity contribution in [3.05, 3.63) is 0 Å². The van der Waals surface area contributed by atoms with Gasteiger partial charge in [-0.2, -0.15) is 0 Å². The molecular formula is C6H15NO2. The fourth-order valence-corrected chi connectivity index (χ4v) is 0.641. The topological polar surface area (TPSA) is 52.5 Å². The van der Waals surface area contributed by atoms with Crippen molar-refractivity contribution >= 4 is 0 Å².